The number of benzene rings is 1. The van der Waals surface area contributed by atoms with E-state index in [2.05, 4.69) is 5.10 Å². The maximum Gasteiger partial charge on any atom is 0.212 e. The van der Waals surface area contributed by atoms with Gasteiger partial charge < -0.3 is 9.84 Å². The normalized spacial score (nSPS) is 14.6. The molecule has 0 saturated heterocycles. The Labute approximate surface area is 166 Å². The lowest BCUT2D eigenvalue weighted by atomic mass is 9.90. The first-order chi connectivity index (χ1) is 12.8. The van der Waals surface area contributed by atoms with E-state index in [0.29, 0.717) is 29.3 Å². The fourth-order valence-electron chi connectivity index (χ4n) is 2.99. The van der Waals surface area contributed by atoms with Crippen molar-refractivity contribution in [2.45, 2.75) is 32.8 Å². The Bertz CT molecular complexity index is 963. The van der Waals surface area contributed by atoms with Crippen molar-refractivity contribution in [1.29, 1.82) is 0 Å². The monoisotopic (exact) mass is 408 g/mol. The molecule has 1 N–H and O–H groups in total. The summed E-state index contributed by atoms with van der Waals surface area (Å²) in [6.45, 7) is 1.87. The first-order valence-corrected chi connectivity index (χ1v) is 9.15. The van der Waals surface area contributed by atoms with Crippen molar-refractivity contribution in [3.8, 4) is 5.88 Å². The second kappa shape index (κ2) is 7.74. The van der Waals surface area contributed by atoms with E-state index in [1.165, 1.54) is 12.1 Å². The van der Waals surface area contributed by atoms with Gasteiger partial charge in [-0.15, -0.1) is 0 Å². The van der Waals surface area contributed by atoms with Crippen LogP contribution in [-0.4, -0.2) is 26.5 Å². The van der Waals surface area contributed by atoms with Crippen molar-refractivity contribution < 1.29 is 19.4 Å². The summed E-state index contributed by atoms with van der Waals surface area (Å²) in [5.41, 5.74) is 1.13. The van der Waals surface area contributed by atoms with E-state index in [1.807, 2.05) is 6.92 Å². The van der Waals surface area contributed by atoms with E-state index in [4.69, 9.17) is 27.9 Å². The number of aliphatic hydroxyl groups excluding tert-OH is 1. The SMILES string of the molecule is Cc1cc(OCc2c(Cl)ccc(C(=O)C3=C(O)CCCC3=O)c2Cl)n(C)n1. The van der Waals surface area contributed by atoms with Crippen LogP contribution in [0.3, 0.4) is 0 Å². The molecule has 1 heterocycles. The summed E-state index contributed by atoms with van der Waals surface area (Å²) in [6, 6.07) is 4.74. The van der Waals surface area contributed by atoms with E-state index in [9.17, 15) is 14.7 Å². The lowest BCUT2D eigenvalue weighted by Crippen LogP contribution is -2.20. The van der Waals surface area contributed by atoms with Gasteiger partial charge in [-0.25, -0.2) is 4.68 Å². The van der Waals surface area contributed by atoms with Crippen molar-refractivity contribution in [3.63, 3.8) is 0 Å². The molecule has 0 fully saturated rings. The summed E-state index contributed by atoms with van der Waals surface area (Å²) >= 11 is 12.6. The van der Waals surface area contributed by atoms with Crippen molar-refractivity contribution in [2.75, 3.05) is 0 Å². The summed E-state index contributed by atoms with van der Waals surface area (Å²) in [7, 11) is 1.75. The van der Waals surface area contributed by atoms with Crippen molar-refractivity contribution >= 4 is 34.8 Å². The molecule has 0 radical (unpaired) electrons. The molecule has 142 valence electrons. The van der Waals surface area contributed by atoms with Crippen LogP contribution < -0.4 is 4.74 Å². The molecule has 3 rings (SSSR count). The summed E-state index contributed by atoms with van der Waals surface area (Å²) in [6.07, 6.45) is 1.05. The molecule has 6 nitrogen and oxygen atoms in total. The lowest BCUT2D eigenvalue weighted by Gasteiger charge is -2.16. The number of ether oxygens (including phenoxy) is 1. The van der Waals surface area contributed by atoms with Crippen LogP contribution in [0, 0.1) is 6.92 Å². The fraction of sp³-hybridized carbons (Fsp3) is 0.316. The zero-order valence-electron chi connectivity index (χ0n) is 14.9. The van der Waals surface area contributed by atoms with Crippen LogP contribution in [0.15, 0.2) is 29.5 Å². The van der Waals surface area contributed by atoms with Gasteiger partial charge in [0.1, 0.15) is 17.9 Å². The molecule has 1 aromatic carbocycles. The fourth-order valence-corrected chi connectivity index (χ4v) is 3.56. The third kappa shape index (κ3) is 3.87. The Kier molecular flexibility index (Phi) is 5.58. The minimum atomic E-state index is -0.600. The number of nitrogens with zero attached hydrogens (tertiary/aromatic N) is 2. The van der Waals surface area contributed by atoms with E-state index >= 15 is 0 Å². The predicted molar refractivity (Wildman–Crippen MR) is 102 cm³/mol. The molecular formula is C19H18Cl2N2O4. The molecule has 0 amide bonds. The van der Waals surface area contributed by atoms with Crippen LogP contribution >= 0.6 is 23.2 Å². The zero-order valence-corrected chi connectivity index (χ0v) is 16.4. The Hall–Kier alpha value is -2.31. The van der Waals surface area contributed by atoms with Crippen LogP contribution in [0.4, 0.5) is 0 Å². The summed E-state index contributed by atoms with van der Waals surface area (Å²) in [5.74, 6) is -0.640. The summed E-state index contributed by atoms with van der Waals surface area (Å²) < 4.78 is 7.30. The Morgan fingerprint density at radius 3 is 2.70 bits per heavy atom. The molecule has 2 aromatic rings. The number of hydrogen-bond acceptors (Lipinski definition) is 5. The van der Waals surface area contributed by atoms with Gasteiger partial charge in [0.2, 0.25) is 11.7 Å². The van der Waals surface area contributed by atoms with Crippen LogP contribution in [0.1, 0.15) is 40.9 Å². The number of aromatic nitrogens is 2. The van der Waals surface area contributed by atoms with Crippen LogP contribution in [0.5, 0.6) is 5.88 Å². The molecule has 27 heavy (non-hydrogen) atoms. The molecule has 1 aromatic heterocycles. The number of Topliss-reactive ketones (excluding diaryl/α,β-unsaturated/α-hetero) is 2. The number of carbonyl (C=O) groups is 2. The average Bonchev–Trinajstić information content (AvgIpc) is 2.92. The number of aliphatic hydroxyl groups is 1. The van der Waals surface area contributed by atoms with Crippen LogP contribution in [-0.2, 0) is 18.4 Å². The van der Waals surface area contributed by atoms with Gasteiger partial charge in [0.05, 0.1) is 10.7 Å². The quantitative estimate of drug-likeness (QED) is 0.586. The molecule has 8 heteroatoms. The van der Waals surface area contributed by atoms with Crippen molar-refractivity contribution in [3.05, 3.63) is 56.4 Å². The van der Waals surface area contributed by atoms with Gasteiger partial charge >= 0.3 is 0 Å². The molecule has 0 saturated carbocycles. The number of carbonyl (C=O) groups excluding carboxylic acids is 2. The number of halogens is 2. The number of rotatable bonds is 5. The van der Waals surface area contributed by atoms with Gasteiger partial charge in [-0.1, -0.05) is 23.2 Å². The number of hydrogen-bond donors (Lipinski definition) is 1. The second-order valence-corrected chi connectivity index (χ2v) is 7.14. The Morgan fingerprint density at radius 2 is 2.07 bits per heavy atom. The highest BCUT2D eigenvalue weighted by Gasteiger charge is 2.29. The van der Waals surface area contributed by atoms with Gasteiger partial charge in [-0.05, 0) is 25.5 Å². The second-order valence-electron chi connectivity index (χ2n) is 6.35. The Balaban J connectivity index is 1.92. The number of aryl methyl sites for hydroxylation is 2. The van der Waals surface area contributed by atoms with Gasteiger partial charge in [0.15, 0.2) is 5.78 Å². The minimum absolute atomic E-state index is 0.0245. The lowest BCUT2D eigenvalue weighted by molar-refractivity contribution is -0.116. The molecule has 0 bridgehead atoms. The maximum atomic E-state index is 12.8. The third-order valence-corrected chi connectivity index (χ3v) is 5.15. The molecular weight excluding hydrogens is 391 g/mol. The number of ketones is 2. The zero-order chi connectivity index (χ0) is 19.7. The number of allylic oxidation sites excluding steroid dienone is 2. The molecule has 0 unspecified atom stereocenters. The molecule has 1 aliphatic rings. The molecule has 0 atom stereocenters. The minimum Gasteiger partial charge on any atom is -0.511 e. The summed E-state index contributed by atoms with van der Waals surface area (Å²) in [5, 5.41) is 14.6. The molecule has 0 spiro atoms. The standard InChI is InChI=1S/C19H18Cl2N2O4/c1-10-8-16(23(2)22-10)27-9-12-13(20)7-6-11(18(12)21)19(26)17-14(24)4-3-5-15(17)25/h6-8,24H,3-5,9H2,1-2H3. The van der Waals surface area contributed by atoms with Gasteiger partial charge in [-0.2, -0.15) is 5.10 Å². The van der Waals surface area contributed by atoms with Gasteiger partial charge in [0.25, 0.3) is 0 Å². The maximum absolute atomic E-state index is 12.8. The largest absolute Gasteiger partial charge is 0.511 e. The van der Waals surface area contributed by atoms with E-state index in [0.717, 1.165) is 5.69 Å². The van der Waals surface area contributed by atoms with Crippen LogP contribution in [0.25, 0.3) is 0 Å². The van der Waals surface area contributed by atoms with Crippen molar-refractivity contribution in [1.82, 2.24) is 9.78 Å². The van der Waals surface area contributed by atoms with Gasteiger partial charge in [0, 0.05) is 42.1 Å². The first-order valence-electron chi connectivity index (χ1n) is 8.40. The highest BCUT2D eigenvalue weighted by molar-refractivity contribution is 6.40. The van der Waals surface area contributed by atoms with Gasteiger partial charge in [-0.3, -0.25) is 9.59 Å². The third-order valence-electron chi connectivity index (χ3n) is 4.37. The van der Waals surface area contributed by atoms with E-state index in [-0.39, 0.29) is 40.7 Å². The van der Waals surface area contributed by atoms with E-state index in [1.54, 1.807) is 17.8 Å². The highest BCUT2D eigenvalue weighted by atomic mass is 35.5. The predicted octanol–water partition coefficient (Wildman–Crippen LogP) is 4.36. The summed E-state index contributed by atoms with van der Waals surface area (Å²) in [4.78, 5) is 24.9. The van der Waals surface area contributed by atoms with E-state index < -0.39 is 5.78 Å². The molecule has 1 aliphatic carbocycles. The van der Waals surface area contributed by atoms with Crippen molar-refractivity contribution in [2.24, 2.45) is 7.05 Å². The Morgan fingerprint density at radius 1 is 1.33 bits per heavy atom. The highest BCUT2D eigenvalue weighted by Crippen LogP contribution is 2.32. The first kappa shape index (κ1) is 19.5. The smallest absolute Gasteiger partial charge is 0.212 e. The topological polar surface area (TPSA) is 81.4 Å². The van der Waals surface area contributed by atoms with Crippen LogP contribution in [0.2, 0.25) is 10.0 Å². The molecule has 0 aliphatic heterocycles. The average molecular weight is 409 g/mol.